The van der Waals surface area contributed by atoms with E-state index in [1.54, 1.807) is 48.5 Å². The van der Waals surface area contributed by atoms with Crippen molar-refractivity contribution in [2.45, 2.75) is 0 Å². The third-order valence-corrected chi connectivity index (χ3v) is 2.86. The first kappa shape index (κ1) is 14.0. The van der Waals surface area contributed by atoms with Gasteiger partial charge in [-0.3, -0.25) is 4.79 Å². The third-order valence-electron chi connectivity index (χ3n) is 2.86. The number of carbonyl (C=O) groups excluding carboxylic acids is 1. The Morgan fingerprint density at radius 3 is 1.20 bits per heavy atom. The highest BCUT2D eigenvalue weighted by molar-refractivity contribution is 6.09. The van der Waals surface area contributed by atoms with Crippen LogP contribution in [-0.4, -0.2) is 5.78 Å². The topological polar surface area (TPSA) is 128 Å². The van der Waals surface area contributed by atoms with Gasteiger partial charge in [-0.1, -0.05) is 0 Å². The summed E-state index contributed by atoms with van der Waals surface area (Å²) in [6.07, 6.45) is 0. The molecular formula is C13H16N6O. The Labute approximate surface area is 116 Å². The number of rotatable bonds is 4. The molecular weight excluding hydrogens is 256 g/mol. The van der Waals surface area contributed by atoms with Crippen LogP contribution in [0.4, 0.5) is 11.4 Å². The Hall–Kier alpha value is -2.45. The van der Waals surface area contributed by atoms with Crippen LogP contribution < -0.4 is 33.6 Å². The first-order valence-electron chi connectivity index (χ1n) is 5.83. The number of ketones is 1. The summed E-state index contributed by atoms with van der Waals surface area (Å²) in [5, 5.41) is 1.97. The van der Waals surface area contributed by atoms with E-state index in [0.717, 1.165) is 10.2 Å². The Kier molecular flexibility index (Phi) is 3.97. The van der Waals surface area contributed by atoms with Crippen LogP contribution in [0.2, 0.25) is 0 Å². The zero-order valence-electron chi connectivity index (χ0n) is 10.7. The zero-order chi connectivity index (χ0) is 14.7. The van der Waals surface area contributed by atoms with E-state index in [2.05, 4.69) is 0 Å². The van der Waals surface area contributed by atoms with E-state index < -0.39 is 0 Å². The number of benzene rings is 2. The second kappa shape index (κ2) is 5.68. The zero-order valence-corrected chi connectivity index (χ0v) is 10.7. The second-order valence-corrected chi connectivity index (χ2v) is 4.24. The summed E-state index contributed by atoms with van der Waals surface area (Å²) < 4.78 is 0. The number of hydrogen-bond acceptors (Lipinski definition) is 7. The molecule has 8 N–H and O–H groups in total. The highest BCUT2D eigenvalue weighted by Crippen LogP contribution is 2.16. The van der Waals surface area contributed by atoms with E-state index in [0.29, 0.717) is 22.5 Å². The van der Waals surface area contributed by atoms with Gasteiger partial charge in [0.1, 0.15) is 0 Å². The largest absolute Gasteiger partial charge is 0.289 e. The van der Waals surface area contributed by atoms with Crippen molar-refractivity contribution in [1.82, 2.24) is 0 Å². The predicted octanol–water partition coefficient (Wildman–Crippen LogP) is 0.0252. The van der Waals surface area contributed by atoms with Crippen LogP contribution in [0.5, 0.6) is 0 Å². The quantitative estimate of drug-likeness (QED) is 0.351. The minimum absolute atomic E-state index is 0.107. The van der Waals surface area contributed by atoms with Gasteiger partial charge in [0.25, 0.3) is 0 Å². The van der Waals surface area contributed by atoms with Gasteiger partial charge < -0.3 is 0 Å². The second-order valence-electron chi connectivity index (χ2n) is 4.24. The average Bonchev–Trinajstić information content (AvgIpc) is 2.46. The molecule has 0 unspecified atom stereocenters. The summed E-state index contributed by atoms with van der Waals surface area (Å²) in [4.78, 5) is 12.3. The highest BCUT2D eigenvalue weighted by Gasteiger charge is 2.09. The Bertz CT molecular complexity index is 538. The fourth-order valence-corrected chi connectivity index (χ4v) is 1.74. The van der Waals surface area contributed by atoms with E-state index in [9.17, 15) is 4.79 Å². The fraction of sp³-hybridized carbons (Fsp3) is 0. The summed E-state index contributed by atoms with van der Waals surface area (Å²) in [5.41, 5.74) is 2.30. The molecule has 7 heteroatoms. The van der Waals surface area contributed by atoms with E-state index in [-0.39, 0.29) is 5.78 Å². The molecule has 0 fully saturated rings. The normalized spacial score (nSPS) is 10.2. The van der Waals surface area contributed by atoms with E-state index in [1.807, 2.05) is 0 Å². The molecule has 0 aliphatic rings. The number of nitrogens with two attached hydrogens (primary N) is 4. The number of hydrogen-bond donors (Lipinski definition) is 4. The van der Waals surface area contributed by atoms with Crippen molar-refractivity contribution in [3.05, 3.63) is 59.7 Å². The maximum atomic E-state index is 12.3. The van der Waals surface area contributed by atoms with E-state index >= 15 is 0 Å². The first-order valence-corrected chi connectivity index (χ1v) is 5.83. The molecule has 20 heavy (non-hydrogen) atoms. The van der Waals surface area contributed by atoms with Crippen molar-refractivity contribution in [2.24, 2.45) is 23.4 Å². The minimum atomic E-state index is -0.107. The van der Waals surface area contributed by atoms with Gasteiger partial charge in [0.15, 0.2) is 5.78 Å². The van der Waals surface area contributed by atoms with Gasteiger partial charge in [0, 0.05) is 11.1 Å². The SMILES string of the molecule is NN(N)c1ccc(C(=O)c2ccc(N(N)N)cc2)cc1. The summed E-state index contributed by atoms with van der Waals surface area (Å²) in [6.45, 7) is 0. The summed E-state index contributed by atoms with van der Waals surface area (Å²) in [5.74, 6) is 21.5. The molecule has 0 spiro atoms. The summed E-state index contributed by atoms with van der Waals surface area (Å²) in [6, 6.07) is 13.3. The number of nitrogens with zero attached hydrogens (tertiary/aromatic N) is 2. The lowest BCUT2D eigenvalue weighted by molar-refractivity contribution is 0.103. The molecule has 0 aliphatic carbocycles. The van der Waals surface area contributed by atoms with Crippen LogP contribution in [0, 0.1) is 0 Å². The van der Waals surface area contributed by atoms with Crippen LogP contribution in [0.25, 0.3) is 0 Å². The summed E-state index contributed by atoms with van der Waals surface area (Å²) in [7, 11) is 0. The van der Waals surface area contributed by atoms with Gasteiger partial charge in [-0.15, -0.1) is 0 Å². The third kappa shape index (κ3) is 2.92. The van der Waals surface area contributed by atoms with Crippen LogP contribution >= 0.6 is 0 Å². The molecule has 0 bridgehead atoms. The van der Waals surface area contributed by atoms with Gasteiger partial charge in [0.05, 0.1) is 11.4 Å². The smallest absolute Gasteiger partial charge is 0.193 e. The van der Waals surface area contributed by atoms with Crippen molar-refractivity contribution in [3.63, 3.8) is 0 Å². The number of anilines is 2. The molecule has 0 saturated heterocycles. The molecule has 2 rings (SSSR count). The lowest BCUT2D eigenvalue weighted by Crippen LogP contribution is -2.37. The Balaban J connectivity index is 2.22. The van der Waals surface area contributed by atoms with Gasteiger partial charge in [0.2, 0.25) is 0 Å². The number of carbonyl (C=O) groups is 1. The van der Waals surface area contributed by atoms with Crippen molar-refractivity contribution < 1.29 is 4.79 Å². The van der Waals surface area contributed by atoms with E-state index in [4.69, 9.17) is 23.4 Å². The number of hydrazine groups is 4. The standard InChI is InChI=1S/C13H16N6O/c14-18(15)11-5-1-9(2-6-11)13(20)10-3-7-12(8-4-10)19(16)17/h1-8H,14-17H2. The van der Waals surface area contributed by atoms with Crippen molar-refractivity contribution in [1.29, 1.82) is 0 Å². The van der Waals surface area contributed by atoms with Gasteiger partial charge in [-0.25, -0.2) is 33.6 Å². The molecule has 0 saturated carbocycles. The molecule has 0 atom stereocenters. The van der Waals surface area contributed by atoms with Gasteiger partial charge in [-0.2, -0.15) is 0 Å². The lowest BCUT2D eigenvalue weighted by atomic mass is 10.0. The minimum Gasteiger partial charge on any atom is -0.289 e. The monoisotopic (exact) mass is 272 g/mol. The molecule has 0 amide bonds. The maximum absolute atomic E-state index is 12.3. The molecule has 0 heterocycles. The molecule has 2 aromatic carbocycles. The molecule has 0 aliphatic heterocycles. The summed E-state index contributed by atoms with van der Waals surface area (Å²) >= 11 is 0. The van der Waals surface area contributed by atoms with Crippen molar-refractivity contribution in [2.75, 3.05) is 10.2 Å². The van der Waals surface area contributed by atoms with Gasteiger partial charge >= 0.3 is 0 Å². The molecule has 0 radical (unpaired) electrons. The first-order chi connectivity index (χ1) is 9.49. The average molecular weight is 272 g/mol. The molecule has 7 nitrogen and oxygen atoms in total. The Morgan fingerprint density at radius 2 is 0.950 bits per heavy atom. The molecule has 2 aromatic rings. The van der Waals surface area contributed by atoms with Gasteiger partial charge in [-0.05, 0) is 48.5 Å². The molecule has 0 aromatic heterocycles. The maximum Gasteiger partial charge on any atom is 0.193 e. The highest BCUT2D eigenvalue weighted by atomic mass is 16.1. The molecule has 104 valence electrons. The van der Waals surface area contributed by atoms with Crippen molar-refractivity contribution in [3.8, 4) is 0 Å². The fourth-order valence-electron chi connectivity index (χ4n) is 1.74. The van der Waals surface area contributed by atoms with Crippen LogP contribution in [0.3, 0.4) is 0 Å². The predicted molar refractivity (Wildman–Crippen MR) is 78.0 cm³/mol. The van der Waals surface area contributed by atoms with Crippen LogP contribution in [-0.2, 0) is 0 Å². The van der Waals surface area contributed by atoms with E-state index in [1.165, 1.54) is 0 Å². The lowest BCUT2D eigenvalue weighted by Gasteiger charge is -2.12. The van der Waals surface area contributed by atoms with Crippen LogP contribution in [0.1, 0.15) is 15.9 Å². The van der Waals surface area contributed by atoms with Crippen LogP contribution in [0.15, 0.2) is 48.5 Å². The van der Waals surface area contributed by atoms with Crippen molar-refractivity contribution >= 4 is 17.2 Å². The Morgan fingerprint density at radius 1 is 0.650 bits per heavy atom.